The summed E-state index contributed by atoms with van der Waals surface area (Å²) in [5.74, 6) is -0.742. The van der Waals surface area contributed by atoms with Crippen LogP contribution in [0.5, 0.6) is 0 Å². The van der Waals surface area contributed by atoms with Crippen LogP contribution in [0.2, 0.25) is 0 Å². The van der Waals surface area contributed by atoms with Crippen LogP contribution in [0.25, 0.3) is 0 Å². The molecule has 0 saturated heterocycles. The van der Waals surface area contributed by atoms with E-state index in [1.807, 2.05) is 19.3 Å². The van der Waals surface area contributed by atoms with E-state index >= 15 is 0 Å². The smallest absolute Gasteiger partial charge is 0.273 e. The summed E-state index contributed by atoms with van der Waals surface area (Å²) in [6, 6.07) is 0. The average Bonchev–Trinajstić information content (AvgIpc) is 2.17. The Morgan fingerprint density at radius 2 is 2.00 bits per heavy atom. The van der Waals surface area contributed by atoms with Crippen LogP contribution in [-0.4, -0.2) is 18.7 Å². The first-order valence-corrected chi connectivity index (χ1v) is 5.39. The van der Waals surface area contributed by atoms with Gasteiger partial charge in [0.1, 0.15) is 0 Å². The number of hydroxylamine groups is 1. The van der Waals surface area contributed by atoms with Crippen LogP contribution < -0.4 is 5.48 Å². The number of halogens is 3. The number of hydrogen-bond donors (Lipinski definition) is 1. The van der Waals surface area contributed by atoms with Crippen molar-refractivity contribution in [3.05, 3.63) is 0 Å². The highest BCUT2D eigenvalue weighted by Gasteiger charge is 2.28. The molecule has 1 unspecified atom stereocenters. The van der Waals surface area contributed by atoms with Crippen LogP contribution in [-0.2, 0) is 9.63 Å². The van der Waals surface area contributed by atoms with Crippen molar-refractivity contribution in [2.45, 2.75) is 45.7 Å². The number of alkyl halides is 3. The predicted octanol–water partition coefficient (Wildman–Crippen LogP) is 2.81. The van der Waals surface area contributed by atoms with Gasteiger partial charge in [-0.2, -0.15) is 13.2 Å². The molecule has 0 aliphatic carbocycles. The lowest BCUT2D eigenvalue weighted by Gasteiger charge is -2.14. The largest absolute Gasteiger partial charge is 0.414 e. The van der Waals surface area contributed by atoms with Crippen molar-refractivity contribution in [3.8, 4) is 0 Å². The van der Waals surface area contributed by atoms with Crippen molar-refractivity contribution in [2.24, 2.45) is 5.92 Å². The molecule has 0 fully saturated rings. The summed E-state index contributed by atoms with van der Waals surface area (Å²) >= 11 is 0. The molecule has 0 aliphatic rings. The van der Waals surface area contributed by atoms with Gasteiger partial charge >= 0.3 is 6.18 Å². The minimum atomic E-state index is -4.42. The second kappa shape index (κ2) is 7.49. The average molecular weight is 241 g/mol. The summed E-state index contributed by atoms with van der Waals surface area (Å²) in [6.45, 7) is 2.36. The van der Waals surface area contributed by atoms with Crippen molar-refractivity contribution < 1.29 is 22.8 Å². The minimum absolute atomic E-state index is 0.270. The molecule has 3 nitrogen and oxygen atoms in total. The molecule has 0 aromatic carbocycles. The lowest BCUT2D eigenvalue weighted by Crippen LogP contribution is -2.33. The Balaban J connectivity index is 3.84. The number of hydrogen-bond acceptors (Lipinski definition) is 2. The third-order valence-corrected chi connectivity index (χ3v) is 2.18. The van der Waals surface area contributed by atoms with Gasteiger partial charge in [0, 0.05) is 5.92 Å². The number of carbonyl (C=O) groups excluding carboxylic acids is 1. The minimum Gasteiger partial charge on any atom is -0.273 e. The zero-order valence-electron chi connectivity index (χ0n) is 9.56. The zero-order valence-corrected chi connectivity index (χ0v) is 9.56. The summed E-state index contributed by atoms with van der Waals surface area (Å²) in [6.07, 6.45) is -1.31. The number of nitrogens with one attached hydrogen (secondary N) is 1. The second-order valence-electron chi connectivity index (χ2n) is 3.62. The molecule has 0 aromatic rings. The first-order valence-electron chi connectivity index (χ1n) is 5.39. The van der Waals surface area contributed by atoms with Gasteiger partial charge < -0.3 is 0 Å². The Hall–Kier alpha value is -0.780. The highest BCUT2D eigenvalue weighted by atomic mass is 19.4. The maximum Gasteiger partial charge on any atom is 0.414 e. The van der Waals surface area contributed by atoms with Crippen molar-refractivity contribution in [3.63, 3.8) is 0 Å². The molecule has 0 aliphatic heterocycles. The lowest BCUT2D eigenvalue weighted by molar-refractivity contribution is -0.192. The number of unbranched alkanes of at least 4 members (excludes halogenated alkanes) is 1. The van der Waals surface area contributed by atoms with E-state index in [0.29, 0.717) is 12.8 Å². The maximum absolute atomic E-state index is 11.7. The monoisotopic (exact) mass is 241 g/mol. The van der Waals surface area contributed by atoms with E-state index < -0.39 is 18.7 Å². The Labute approximate surface area is 93.3 Å². The molecular formula is C10H18F3NO2. The van der Waals surface area contributed by atoms with Crippen molar-refractivity contribution in [1.82, 2.24) is 5.48 Å². The summed E-state index contributed by atoms with van der Waals surface area (Å²) in [7, 11) is 0. The fourth-order valence-electron chi connectivity index (χ4n) is 1.24. The molecule has 0 aromatic heterocycles. The molecule has 1 N–H and O–H groups in total. The van der Waals surface area contributed by atoms with E-state index in [1.165, 1.54) is 0 Å². The molecule has 16 heavy (non-hydrogen) atoms. The third-order valence-electron chi connectivity index (χ3n) is 2.18. The van der Waals surface area contributed by atoms with Crippen LogP contribution in [0, 0.1) is 5.92 Å². The van der Waals surface area contributed by atoms with Crippen molar-refractivity contribution in [1.29, 1.82) is 0 Å². The molecule has 0 rings (SSSR count). The van der Waals surface area contributed by atoms with Gasteiger partial charge in [-0.1, -0.05) is 26.7 Å². The molecule has 0 bridgehead atoms. The molecule has 0 spiro atoms. The topological polar surface area (TPSA) is 38.3 Å². The van der Waals surface area contributed by atoms with Crippen LogP contribution >= 0.6 is 0 Å². The number of amides is 1. The van der Waals surface area contributed by atoms with Crippen LogP contribution in [0.3, 0.4) is 0 Å². The molecule has 6 heteroatoms. The van der Waals surface area contributed by atoms with Gasteiger partial charge in [-0.15, -0.1) is 0 Å². The Morgan fingerprint density at radius 3 is 2.44 bits per heavy atom. The van der Waals surface area contributed by atoms with Gasteiger partial charge in [-0.05, 0) is 12.8 Å². The van der Waals surface area contributed by atoms with E-state index in [9.17, 15) is 18.0 Å². The quantitative estimate of drug-likeness (QED) is 0.696. The standard InChI is InChI=1S/C10H18F3NO2/c1-3-5-6-8(4-2)9(15)14-16-7-10(11,12)13/h8H,3-7H2,1-2H3,(H,14,15). The summed E-state index contributed by atoms with van der Waals surface area (Å²) in [5, 5.41) is 0. The normalized spacial score (nSPS) is 13.6. The SMILES string of the molecule is CCCCC(CC)C(=O)NOCC(F)(F)F. The fourth-order valence-corrected chi connectivity index (χ4v) is 1.24. The first-order chi connectivity index (χ1) is 7.40. The number of carbonyl (C=O) groups is 1. The fraction of sp³-hybridized carbons (Fsp3) is 0.900. The molecule has 1 atom stereocenters. The van der Waals surface area contributed by atoms with Gasteiger partial charge in [0.2, 0.25) is 5.91 Å². The van der Waals surface area contributed by atoms with Gasteiger partial charge in [-0.25, -0.2) is 5.48 Å². The maximum atomic E-state index is 11.7. The summed E-state index contributed by atoms with van der Waals surface area (Å²) < 4.78 is 35.1. The summed E-state index contributed by atoms with van der Waals surface area (Å²) in [5.41, 5.74) is 1.84. The van der Waals surface area contributed by atoms with Crippen molar-refractivity contribution in [2.75, 3.05) is 6.61 Å². The van der Waals surface area contributed by atoms with Crippen LogP contribution in [0.1, 0.15) is 39.5 Å². The Bertz CT molecular complexity index is 207. The van der Waals surface area contributed by atoms with Crippen molar-refractivity contribution >= 4 is 5.91 Å². The molecule has 96 valence electrons. The predicted molar refractivity (Wildman–Crippen MR) is 53.5 cm³/mol. The van der Waals surface area contributed by atoms with E-state index in [1.54, 1.807) is 0 Å². The lowest BCUT2D eigenvalue weighted by atomic mass is 9.99. The Kier molecular flexibility index (Phi) is 7.12. The third kappa shape index (κ3) is 7.50. The Morgan fingerprint density at radius 1 is 1.38 bits per heavy atom. The van der Waals surface area contributed by atoms with E-state index in [-0.39, 0.29) is 5.92 Å². The van der Waals surface area contributed by atoms with Gasteiger partial charge in [0.25, 0.3) is 0 Å². The zero-order chi connectivity index (χ0) is 12.6. The number of rotatable bonds is 7. The van der Waals surface area contributed by atoms with E-state index in [0.717, 1.165) is 12.8 Å². The summed E-state index contributed by atoms with van der Waals surface area (Å²) in [4.78, 5) is 15.5. The van der Waals surface area contributed by atoms with Gasteiger partial charge in [0.15, 0.2) is 6.61 Å². The first kappa shape index (κ1) is 15.2. The second-order valence-corrected chi connectivity index (χ2v) is 3.62. The van der Waals surface area contributed by atoms with Crippen LogP contribution in [0.15, 0.2) is 0 Å². The highest BCUT2D eigenvalue weighted by Crippen LogP contribution is 2.15. The van der Waals surface area contributed by atoms with Crippen LogP contribution in [0.4, 0.5) is 13.2 Å². The highest BCUT2D eigenvalue weighted by molar-refractivity contribution is 5.77. The molecule has 0 radical (unpaired) electrons. The van der Waals surface area contributed by atoms with Gasteiger partial charge in [-0.3, -0.25) is 9.63 Å². The van der Waals surface area contributed by atoms with E-state index in [2.05, 4.69) is 4.84 Å². The molecule has 1 amide bonds. The molecular weight excluding hydrogens is 223 g/mol. The van der Waals surface area contributed by atoms with Gasteiger partial charge in [0.05, 0.1) is 0 Å². The molecule has 0 saturated carbocycles. The molecule has 0 heterocycles. The van der Waals surface area contributed by atoms with E-state index in [4.69, 9.17) is 0 Å².